The van der Waals surface area contributed by atoms with Gasteiger partial charge in [0.15, 0.2) is 0 Å². The van der Waals surface area contributed by atoms with Crippen LogP contribution >= 0.6 is 11.6 Å². The number of hydrogen-bond acceptors (Lipinski definition) is 3. The summed E-state index contributed by atoms with van der Waals surface area (Å²) in [4.78, 5) is 15.4. The van der Waals surface area contributed by atoms with Gasteiger partial charge in [-0.3, -0.25) is 0 Å². The number of aromatic nitrogens is 1. The highest BCUT2D eigenvalue weighted by molar-refractivity contribution is 6.32. The van der Waals surface area contributed by atoms with E-state index in [9.17, 15) is 4.79 Å². The highest BCUT2D eigenvalue weighted by Gasteiger charge is 2.12. The van der Waals surface area contributed by atoms with Gasteiger partial charge in [0.25, 0.3) is 0 Å². The van der Waals surface area contributed by atoms with Gasteiger partial charge in [-0.05, 0) is 24.1 Å². The molecule has 4 nitrogen and oxygen atoms in total. The zero-order valence-electron chi connectivity index (χ0n) is 11.1. The Bertz CT molecular complexity index is 641. The van der Waals surface area contributed by atoms with Crippen LogP contribution in [0.5, 0.6) is 11.6 Å². The predicted octanol–water partition coefficient (Wildman–Crippen LogP) is 4.35. The van der Waals surface area contributed by atoms with Crippen LogP contribution in [0.25, 0.3) is 0 Å². The van der Waals surface area contributed by atoms with Crippen LogP contribution in [0.4, 0.5) is 0 Å². The van der Waals surface area contributed by atoms with Crippen molar-refractivity contribution in [3.8, 4) is 11.6 Å². The maximum absolute atomic E-state index is 11.1. The van der Waals surface area contributed by atoms with Crippen LogP contribution in [-0.4, -0.2) is 16.1 Å². The average molecular weight is 292 g/mol. The zero-order chi connectivity index (χ0) is 14.7. The van der Waals surface area contributed by atoms with Gasteiger partial charge in [-0.15, -0.1) is 0 Å². The fraction of sp³-hybridized carbons (Fsp3) is 0.200. The first-order chi connectivity index (χ1) is 9.47. The predicted molar refractivity (Wildman–Crippen MR) is 76.8 cm³/mol. The molecule has 0 aliphatic heterocycles. The standard InChI is InChI=1S/C15H14ClNO3/c1-9(2)12-7-10(15(18)19)8-14(17-12)20-13-6-4-3-5-11(13)16/h3-9H,1-2H3,(H,18,19). The molecule has 2 rings (SSSR count). The van der Waals surface area contributed by atoms with Crippen LogP contribution in [0.1, 0.15) is 35.8 Å². The number of carbonyl (C=O) groups is 1. The van der Waals surface area contributed by atoms with Gasteiger partial charge in [0, 0.05) is 11.8 Å². The Morgan fingerprint density at radius 3 is 2.60 bits per heavy atom. The molecule has 0 aliphatic rings. The largest absolute Gasteiger partial charge is 0.478 e. The Labute approximate surface area is 122 Å². The first kappa shape index (κ1) is 14.3. The van der Waals surface area contributed by atoms with E-state index in [2.05, 4.69) is 4.98 Å². The number of carboxylic acid groups (broad SMARTS) is 1. The lowest BCUT2D eigenvalue weighted by atomic mass is 10.1. The highest BCUT2D eigenvalue weighted by Crippen LogP contribution is 2.29. The van der Waals surface area contributed by atoms with Gasteiger partial charge in [0.1, 0.15) is 5.75 Å². The molecule has 104 valence electrons. The van der Waals surface area contributed by atoms with E-state index in [1.54, 1.807) is 30.3 Å². The number of ether oxygens (including phenoxy) is 1. The van der Waals surface area contributed by atoms with Gasteiger partial charge >= 0.3 is 5.97 Å². The van der Waals surface area contributed by atoms with E-state index in [0.29, 0.717) is 16.5 Å². The molecular formula is C15H14ClNO3. The van der Waals surface area contributed by atoms with E-state index < -0.39 is 5.97 Å². The zero-order valence-corrected chi connectivity index (χ0v) is 11.9. The first-order valence-corrected chi connectivity index (χ1v) is 6.53. The molecule has 0 unspecified atom stereocenters. The molecule has 0 saturated heterocycles. The van der Waals surface area contributed by atoms with Crippen molar-refractivity contribution >= 4 is 17.6 Å². The van der Waals surface area contributed by atoms with Crippen molar-refractivity contribution in [2.75, 3.05) is 0 Å². The molecule has 0 saturated carbocycles. The van der Waals surface area contributed by atoms with Gasteiger partial charge < -0.3 is 9.84 Å². The Kier molecular flexibility index (Phi) is 4.25. The molecule has 5 heteroatoms. The summed E-state index contributed by atoms with van der Waals surface area (Å²) in [5.74, 6) is -0.248. The summed E-state index contributed by atoms with van der Waals surface area (Å²) < 4.78 is 5.58. The Hall–Kier alpha value is -2.07. The number of carboxylic acids is 1. The van der Waals surface area contributed by atoms with Crippen molar-refractivity contribution in [2.24, 2.45) is 0 Å². The van der Waals surface area contributed by atoms with Crippen molar-refractivity contribution in [2.45, 2.75) is 19.8 Å². The van der Waals surface area contributed by atoms with E-state index in [1.807, 2.05) is 13.8 Å². The lowest BCUT2D eigenvalue weighted by Gasteiger charge is -2.11. The fourth-order valence-electron chi connectivity index (χ4n) is 1.64. The number of aromatic carboxylic acids is 1. The summed E-state index contributed by atoms with van der Waals surface area (Å²) in [5, 5.41) is 9.57. The van der Waals surface area contributed by atoms with Crippen molar-refractivity contribution in [3.63, 3.8) is 0 Å². The summed E-state index contributed by atoms with van der Waals surface area (Å²) in [6.45, 7) is 3.88. The summed E-state index contributed by atoms with van der Waals surface area (Å²) in [7, 11) is 0. The van der Waals surface area contributed by atoms with E-state index in [0.717, 1.165) is 0 Å². The third kappa shape index (κ3) is 3.27. The van der Waals surface area contributed by atoms with E-state index in [1.165, 1.54) is 6.07 Å². The third-order valence-corrected chi connectivity index (χ3v) is 3.02. The second kappa shape index (κ2) is 5.92. The molecule has 0 spiro atoms. The first-order valence-electron chi connectivity index (χ1n) is 6.15. The van der Waals surface area contributed by atoms with Crippen LogP contribution in [0.2, 0.25) is 5.02 Å². The normalized spacial score (nSPS) is 10.6. The molecule has 1 N–H and O–H groups in total. The molecule has 0 bridgehead atoms. The van der Waals surface area contributed by atoms with Crippen molar-refractivity contribution in [3.05, 3.63) is 52.7 Å². The maximum atomic E-state index is 11.1. The number of para-hydroxylation sites is 1. The second-order valence-corrected chi connectivity index (χ2v) is 5.02. The molecule has 0 radical (unpaired) electrons. The molecule has 0 amide bonds. The van der Waals surface area contributed by atoms with Gasteiger partial charge in [-0.1, -0.05) is 37.6 Å². The number of hydrogen-bond donors (Lipinski definition) is 1. The number of rotatable bonds is 4. The highest BCUT2D eigenvalue weighted by atomic mass is 35.5. The van der Waals surface area contributed by atoms with Gasteiger partial charge in [0.05, 0.1) is 10.6 Å². The monoisotopic (exact) mass is 291 g/mol. The molecular weight excluding hydrogens is 278 g/mol. The summed E-state index contributed by atoms with van der Waals surface area (Å²) >= 11 is 6.01. The van der Waals surface area contributed by atoms with E-state index >= 15 is 0 Å². The summed E-state index contributed by atoms with van der Waals surface area (Å²) in [6.07, 6.45) is 0. The average Bonchev–Trinajstić information content (AvgIpc) is 2.41. The molecule has 0 atom stereocenters. The van der Waals surface area contributed by atoms with Crippen LogP contribution in [0.3, 0.4) is 0 Å². The smallest absolute Gasteiger partial charge is 0.335 e. The van der Waals surface area contributed by atoms with Gasteiger partial charge in [-0.25, -0.2) is 9.78 Å². The van der Waals surface area contributed by atoms with Crippen LogP contribution in [0, 0.1) is 0 Å². The molecule has 1 aromatic carbocycles. The number of nitrogens with zero attached hydrogens (tertiary/aromatic N) is 1. The van der Waals surface area contributed by atoms with Gasteiger partial charge in [0.2, 0.25) is 5.88 Å². The summed E-state index contributed by atoms with van der Waals surface area (Å²) in [6, 6.07) is 9.90. The molecule has 20 heavy (non-hydrogen) atoms. The fourth-order valence-corrected chi connectivity index (χ4v) is 1.81. The Balaban J connectivity index is 2.41. The molecule has 1 aromatic heterocycles. The van der Waals surface area contributed by atoms with Crippen LogP contribution < -0.4 is 4.74 Å². The number of pyridine rings is 1. The van der Waals surface area contributed by atoms with E-state index in [-0.39, 0.29) is 17.4 Å². The lowest BCUT2D eigenvalue weighted by Crippen LogP contribution is -2.03. The van der Waals surface area contributed by atoms with Crippen molar-refractivity contribution in [1.29, 1.82) is 0 Å². The molecule has 0 aliphatic carbocycles. The maximum Gasteiger partial charge on any atom is 0.335 e. The quantitative estimate of drug-likeness (QED) is 0.910. The summed E-state index contributed by atoms with van der Waals surface area (Å²) in [5.41, 5.74) is 0.803. The van der Waals surface area contributed by atoms with Crippen molar-refractivity contribution < 1.29 is 14.6 Å². The topological polar surface area (TPSA) is 59.4 Å². The molecule has 1 heterocycles. The van der Waals surface area contributed by atoms with Crippen molar-refractivity contribution in [1.82, 2.24) is 4.98 Å². The SMILES string of the molecule is CC(C)c1cc(C(=O)O)cc(Oc2ccccc2Cl)n1. The second-order valence-electron chi connectivity index (χ2n) is 4.61. The minimum absolute atomic E-state index is 0.0999. The minimum Gasteiger partial charge on any atom is -0.478 e. The van der Waals surface area contributed by atoms with Gasteiger partial charge in [-0.2, -0.15) is 0 Å². The molecule has 2 aromatic rings. The Morgan fingerprint density at radius 1 is 1.30 bits per heavy atom. The van der Waals surface area contributed by atoms with Crippen LogP contribution in [0.15, 0.2) is 36.4 Å². The van der Waals surface area contributed by atoms with E-state index in [4.69, 9.17) is 21.4 Å². The number of halogens is 1. The Morgan fingerprint density at radius 2 is 2.00 bits per heavy atom. The van der Waals surface area contributed by atoms with Crippen LogP contribution in [-0.2, 0) is 0 Å². The minimum atomic E-state index is -1.02. The number of benzene rings is 1. The third-order valence-electron chi connectivity index (χ3n) is 2.71. The lowest BCUT2D eigenvalue weighted by molar-refractivity contribution is 0.0696. The molecule has 0 fully saturated rings.